The highest BCUT2D eigenvalue weighted by molar-refractivity contribution is 7.90. The van der Waals surface area contributed by atoms with Crippen LogP contribution < -0.4 is 0 Å². The third-order valence-corrected chi connectivity index (χ3v) is 5.50. The summed E-state index contributed by atoms with van der Waals surface area (Å²) in [6.45, 7) is 5.90. The average Bonchev–Trinajstić information content (AvgIpc) is 2.50. The molecule has 3 unspecified atom stereocenters. The van der Waals surface area contributed by atoms with E-state index in [2.05, 4.69) is 9.47 Å². The van der Waals surface area contributed by atoms with Crippen molar-refractivity contribution in [3.05, 3.63) is 0 Å². The number of alkyl halides is 6. The quantitative estimate of drug-likeness (QED) is 0.426. The molecule has 0 rings (SSSR count). The highest BCUT2D eigenvalue weighted by Gasteiger charge is 2.49. The first-order valence-corrected chi connectivity index (χ1v) is 13.0. The molecule has 0 radical (unpaired) electrons. The van der Waals surface area contributed by atoms with Crippen LogP contribution >= 0.6 is 0 Å². The van der Waals surface area contributed by atoms with Crippen LogP contribution in [0.4, 0.5) is 26.3 Å². The van der Waals surface area contributed by atoms with Crippen molar-refractivity contribution in [3.8, 4) is 0 Å². The second kappa shape index (κ2) is 12.6. The van der Waals surface area contributed by atoms with Crippen molar-refractivity contribution in [2.45, 2.75) is 71.5 Å². The van der Waals surface area contributed by atoms with Gasteiger partial charge in [-0.2, -0.15) is 0 Å². The van der Waals surface area contributed by atoms with Gasteiger partial charge in [0, 0.05) is 47.3 Å². The third kappa shape index (κ3) is 18.7. The Balaban J connectivity index is -0.000000390. The molecule has 192 valence electrons. The van der Waals surface area contributed by atoms with Gasteiger partial charge in [0.15, 0.2) is 15.8 Å². The molecular formula is C17H34F6O6S2. The Morgan fingerprint density at radius 2 is 1.13 bits per heavy atom. The third-order valence-electron chi connectivity index (χ3n) is 3.78. The van der Waals surface area contributed by atoms with Crippen LogP contribution in [0.1, 0.15) is 48.0 Å². The normalized spacial score (nSPS) is 17.8. The van der Waals surface area contributed by atoms with Gasteiger partial charge in [0.05, 0.1) is 5.75 Å². The van der Waals surface area contributed by atoms with Crippen molar-refractivity contribution in [1.82, 2.24) is 0 Å². The Kier molecular flexibility index (Phi) is 14.2. The largest absolute Gasteiger partial charge is 0.345 e. The molecule has 0 aromatic heterocycles. The minimum absolute atomic E-state index is 0.306. The topological polar surface area (TPSA) is 86.7 Å². The lowest BCUT2D eigenvalue weighted by Gasteiger charge is -2.26. The van der Waals surface area contributed by atoms with Crippen molar-refractivity contribution in [3.63, 3.8) is 0 Å². The molecule has 0 saturated heterocycles. The maximum atomic E-state index is 12.9. The van der Waals surface area contributed by atoms with Gasteiger partial charge in [0.2, 0.25) is 0 Å². The number of hydrogen-bond donors (Lipinski definition) is 0. The molecule has 0 aromatic carbocycles. The molecule has 0 N–H and O–H groups in total. The second-order valence-corrected chi connectivity index (χ2v) is 11.9. The molecule has 6 nitrogen and oxygen atoms in total. The number of rotatable bonds is 9. The average molecular weight is 513 g/mol. The van der Waals surface area contributed by atoms with Crippen LogP contribution in [0.25, 0.3) is 0 Å². The smallest absolute Gasteiger partial charge is 0.302 e. The Labute approximate surface area is 181 Å². The number of methoxy groups -OCH3 is 1. The molecule has 0 heterocycles. The fraction of sp³-hybridized carbons (Fsp3) is 1.00. The van der Waals surface area contributed by atoms with Crippen LogP contribution in [0.15, 0.2) is 0 Å². The molecule has 0 saturated carbocycles. The highest BCUT2D eigenvalue weighted by Crippen LogP contribution is 2.33. The number of ether oxygens (including phenoxy) is 2. The first-order valence-electron chi connectivity index (χ1n) is 8.90. The highest BCUT2D eigenvalue weighted by atomic mass is 32.2. The van der Waals surface area contributed by atoms with E-state index in [1.165, 1.54) is 6.26 Å². The first-order chi connectivity index (χ1) is 13.2. The summed E-state index contributed by atoms with van der Waals surface area (Å²) in [7, 11) is -5.45. The van der Waals surface area contributed by atoms with E-state index in [-0.39, 0.29) is 0 Å². The Hall–Kier alpha value is -0.600. The van der Waals surface area contributed by atoms with Crippen molar-refractivity contribution < 1.29 is 52.7 Å². The molecule has 0 fully saturated rings. The fourth-order valence-electron chi connectivity index (χ4n) is 1.16. The van der Waals surface area contributed by atoms with E-state index in [0.717, 1.165) is 19.8 Å². The van der Waals surface area contributed by atoms with Crippen molar-refractivity contribution in [1.29, 1.82) is 0 Å². The fourth-order valence-corrected chi connectivity index (χ4v) is 2.86. The lowest BCUT2D eigenvalue weighted by atomic mass is 10.2. The summed E-state index contributed by atoms with van der Waals surface area (Å²) >= 11 is 0. The molecular weight excluding hydrogens is 478 g/mol. The minimum atomic E-state index is -3.74. The lowest BCUT2D eigenvalue weighted by Crippen LogP contribution is -2.42. The molecule has 0 spiro atoms. The monoisotopic (exact) mass is 512 g/mol. The van der Waals surface area contributed by atoms with E-state index in [1.807, 2.05) is 13.8 Å². The van der Waals surface area contributed by atoms with Gasteiger partial charge in [-0.25, -0.2) is 43.2 Å². The van der Waals surface area contributed by atoms with Crippen LogP contribution in [0, 0.1) is 5.92 Å². The van der Waals surface area contributed by atoms with E-state index in [9.17, 15) is 43.2 Å². The minimum Gasteiger partial charge on any atom is -0.345 e. The second-order valence-electron chi connectivity index (χ2n) is 7.61. The van der Waals surface area contributed by atoms with Crippen molar-refractivity contribution in [2.75, 3.05) is 31.3 Å². The number of sulfone groups is 2. The van der Waals surface area contributed by atoms with Crippen LogP contribution in [0.2, 0.25) is 0 Å². The van der Waals surface area contributed by atoms with E-state index in [4.69, 9.17) is 0 Å². The maximum absolute atomic E-state index is 12.9. The van der Waals surface area contributed by atoms with Crippen LogP contribution in [-0.4, -0.2) is 71.7 Å². The van der Waals surface area contributed by atoms with Gasteiger partial charge < -0.3 is 9.47 Å². The van der Waals surface area contributed by atoms with Gasteiger partial charge >= 0.3 is 11.8 Å². The summed E-state index contributed by atoms with van der Waals surface area (Å²) in [6, 6.07) is 0. The number of hydrogen-bond acceptors (Lipinski definition) is 6. The van der Waals surface area contributed by atoms with Gasteiger partial charge in [-0.3, -0.25) is 0 Å². The van der Waals surface area contributed by atoms with E-state index < -0.39 is 49.2 Å². The predicted molar refractivity (Wildman–Crippen MR) is 107 cm³/mol. The number of halogens is 6. The van der Waals surface area contributed by atoms with Crippen LogP contribution in [-0.2, 0) is 29.1 Å². The zero-order chi connectivity index (χ0) is 26.1. The van der Waals surface area contributed by atoms with E-state index in [1.54, 1.807) is 0 Å². The summed E-state index contributed by atoms with van der Waals surface area (Å²) < 4.78 is 124. The van der Waals surface area contributed by atoms with E-state index in [0.29, 0.717) is 39.4 Å². The predicted octanol–water partition coefficient (Wildman–Crippen LogP) is 4.40. The molecule has 0 bridgehead atoms. The summed E-state index contributed by atoms with van der Waals surface area (Å²) in [6.07, 6.45) is 2.98. The Morgan fingerprint density at radius 1 is 0.774 bits per heavy atom. The zero-order valence-corrected chi connectivity index (χ0v) is 20.9. The summed E-state index contributed by atoms with van der Waals surface area (Å²) in [5.41, 5.74) is 0. The zero-order valence-electron chi connectivity index (χ0n) is 19.2. The Morgan fingerprint density at radius 3 is 1.26 bits per heavy atom. The van der Waals surface area contributed by atoms with Gasteiger partial charge in [-0.15, -0.1) is 0 Å². The lowest BCUT2D eigenvalue weighted by molar-refractivity contribution is -0.251. The van der Waals surface area contributed by atoms with Crippen molar-refractivity contribution >= 4 is 19.7 Å². The summed E-state index contributed by atoms with van der Waals surface area (Å²) in [4.78, 5) is 0. The van der Waals surface area contributed by atoms with Crippen LogP contribution in [0.3, 0.4) is 0 Å². The SMILES string of the molecule is CC(F)(F)C(C)(F)OCS(C)(=O)=O.CCC(C)CS(C)(=O)=O.COC(C)(F)C(C)(F)F. The van der Waals surface area contributed by atoms with Gasteiger partial charge in [-0.1, -0.05) is 20.3 Å². The molecule has 0 amide bonds. The Bertz CT molecular complexity index is 710. The molecule has 3 atom stereocenters. The standard InChI is InChI=1S/C6H11F3O3S.C6H14O2S.C5H9F3O/c1-5(7,8)6(2,9)12-4-13(3,10)11;1-4-6(2)5-9(3,7)8;1-4(6,7)5(2,8)9-3/h4H2,1-3H3;6H,4-5H2,1-3H3;1-3H3. The summed E-state index contributed by atoms with van der Waals surface area (Å²) in [5.74, 6) is -13.7. The summed E-state index contributed by atoms with van der Waals surface area (Å²) in [5, 5.41) is 0. The molecule has 14 heteroatoms. The molecule has 0 aliphatic rings. The molecule has 31 heavy (non-hydrogen) atoms. The van der Waals surface area contributed by atoms with Gasteiger partial charge in [0.1, 0.15) is 9.84 Å². The van der Waals surface area contributed by atoms with Gasteiger partial charge in [0.25, 0.3) is 11.7 Å². The van der Waals surface area contributed by atoms with Crippen molar-refractivity contribution in [2.24, 2.45) is 5.92 Å². The molecule has 0 aliphatic carbocycles. The van der Waals surface area contributed by atoms with E-state index >= 15 is 0 Å². The van der Waals surface area contributed by atoms with Crippen LogP contribution in [0.5, 0.6) is 0 Å². The molecule has 0 aliphatic heterocycles. The first kappa shape index (κ1) is 35.0. The van der Waals surface area contributed by atoms with Gasteiger partial charge in [-0.05, 0) is 5.92 Å². The maximum Gasteiger partial charge on any atom is 0.302 e. The molecule has 0 aromatic rings.